The molecule has 8 nitrogen and oxygen atoms in total. The van der Waals surface area contributed by atoms with Crippen LogP contribution in [-0.4, -0.2) is 59.8 Å². The highest BCUT2D eigenvalue weighted by Gasteiger charge is 2.23. The summed E-state index contributed by atoms with van der Waals surface area (Å²) in [5, 5.41) is 10.9. The average molecular weight is 421 g/mol. The predicted octanol–water partition coefficient (Wildman–Crippen LogP) is 3.27. The van der Waals surface area contributed by atoms with E-state index in [1.54, 1.807) is 0 Å². The van der Waals surface area contributed by atoms with E-state index in [1.165, 1.54) is 51.7 Å². The van der Waals surface area contributed by atoms with Crippen molar-refractivity contribution in [1.29, 1.82) is 0 Å². The number of rotatable bonds is 9. The van der Waals surface area contributed by atoms with Crippen molar-refractivity contribution in [3.05, 3.63) is 11.7 Å². The fraction of sp³-hybridized carbons (Fsp3) is 0.864. The van der Waals surface area contributed by atoms with Gasteiger partial charge in [-0.05, 0) is 52.4 Å². The molecule has 170 valence electrons. The maximum absolute atomic E-state index is 5.51. The Balaban J connectivity index is 1.45. The maximum atomic E-state index is 5.51. The van der Waals surface area contributed by atoms with Crippen LogP contribution in [0.4, 0.5) is 0 Å². The van der Waals surface area contributed by atoms with Gasteiger partial charge in [-0.3, -0.25) is 0 Å². The van der Waals surface area contributed by atoms with Crippen LogP contribution in [-0.2, 0) is 11.3 Å². The quantitative estimate of drug-likeness (QED) is 0.468. The van der Waals surface area contributed by atoms with Crippen LogP contribution in [0.1, 0.15) is 83.5 Å². The summed E-state index contributed by atoms with van der Waals surface area (Å²) in [5.41, 5.74) is 0. The molecule has 2 N–H and O–H groups in total. The highest BCUT2D eigenvalue weighted by Crippen LogP contribution is 2.25. The van der Waals surface area contributed by atoms with Crippen LogP contribution in [0.25, 0.3) is 0 Å². The van der Waals surface area contributed by atoms with E-state index in [-0.39, 0.29) is 6.10 Å². The smallest absolute Gasteiger partial charge is 0.248 e. The number of ether oxygens (including phenoxy) is 1. The monoisotopic (exact) mass is 420 g/mol. The number of aromatic nitrogens is 2. The first-order valence-electron chi connectivity index (χ1n) is 11.9. The molecule has 1 aromatic rings. The molecule has 0 amide bonds. The summed E-state index contributed by atoms with van der Waals surface area (Å²) < 4.78 is 10.8. The molecule has 0 radical (unpaired) electrons. The maximum Gasteiger partial charge on any atom is 0.248 e. The molecule has 0 spiro atoms. The van der Waals surface area contributed by atoms with Crippen LogP contribution in [0.2, 0.25) is 0 Å². The van der Waals surface area contributed by atoms with Gasteiger partial charge in [-0.1, -0.05) is 24.4 Å². The van der Waals surface area contributed by atoms with E-state index >= 15 is 0 Å². The highest BCUT2D eigenvalue weighted by atomic mass is 16.5. The molecule has 1 unspecified atom stereocenters. The molecule has 1 aliphatic carbocycles. The van der Waals surface area contributed by atoms with Gasteiger partial charge in [0.1, 0.15) is 12.6 Å². The zero-order chi connectivity index (χ0) is 21.2. The summed E-state index contributed by atoms with van der Waals surface area (Å²) in [5.74, 6) is 2.83. The summed E-state index contributed by atoms with van der Waals surface area (Å²) >= 11 is 0. The van der Waals surface area contributed by atoms with Gasteiger partial charge < -0.3 is 24.8 Å². The van der Waals surface area contributed by atoms with Crippen LogP contribution < -0.4 is 10.6 Å². The number of likely N-dealkylation sites (tertiary alicyclic amines) is 1. The fourth-order valence-corrected chi connectivity index (χ4v) is 4.48. The number of guanidine groups is 1. The third kappa shape index (κ3) is 7.23. The van der Waals surface area contributed by atoms with Crippen molar-refractivity contribution in [3.8, 4) is 0 Å². The molecule has 2 heterocycles. The topological polar surface area (TPSA) is 87.8 Å². The molecule has 1 saturated heterocycles. The summed E-state index contributed by atoms with van der Waals surface area (Å²) in [7, 11) is 0. The highest BCUT2D eigenvalue weighted by molar-refractivity contribution is 5.80. The van der Waals surface area contributed by atoms with Crippen molar-refractivity contribution in [2.24, 2.45) is 10.9 Å². The summed E-state index contributed by atoms with van der Waals surface area (Å²) in [6.45, 7) is 11.4. The molecule has 1 saturated carbocycles. The molecule has 2 fully saturated rings. The second-order valence-electron chi connectivity index (χ2n) is 8.56. The first-order chi connectivity index (χ1) is 14.7. The van der Waals surface area contributed by atoms with Crippen LogP contribution in [0.15, 0.2) is 9.52 Å². The minimum atomic E-state index is -0.165. The zero-order valence-corrected chi connectivity index (χ0v) is 19.0. The Bertz CT molecular complexity index is 635. The number of hydrogen-bond donors (Lipinski definition) is 2. The van der Waals surface area contributed by atoms with Gasteiger partial charge in [0.05, 0.1) is 0 Å². The van der Waals surface area contributed by atoms with Crippen molar-refractivity contribution >= 4 is 5.96 Å². The second kappa shape index (κ2) is 12.2. The van der Waals surface area contributed by atoms with E-state index in [0.717, 1.165) is 31.3 Å². The Morgan fingerprint density at radius 3 is 2.67 bits per heavy atom. The van der Waals surface area contributed by atoms with Gasteiger partial charge in [0, 0.05) is 38.8 Å². The Morgan fingerprint density at radius 1 is 1.20 bits per heavy atom. The van der Waals surface area contributed by atoms with E-state index in [1.807, 2.05) is 13.8 Å². The Labute approximate surface area is 181 Å². The van der Waals surface area contributed by atoms with Crippen molar-refractivity contribution in [2.75, 3.05) is 32.8 Å². The third-order valence-corrected chi connectivity index (χ3v) is 6.15. The van der Waals surface area contributed by atoms with Gasteiger partial charge in [-0.15, -0.1) is 0 Å². The summed E-state index contributed by atoms with van der Waals surface area (Å²) in [6, 6.07) is 0.460. The van der Waals surface area contributed by atoms with E-state index in [4.69, 9.17) is 9.26 Å². The van der Waals surface area contributed by atoms with Gasteiger partial charge in [0.2, 0.25) is 5.89 Å². The minimum Gasteiger partial charge on any atom is -0.371 e. The second-order valence-corrected chi connectivity index (χ2v) is 8.56. The largest absolute Gasteiger partial charge is 0.371 e. The molecule has 8 heteroatoms. The van der Waals surface area contributed by atoms with Gasteiger partial charge in [-0.25, -0.2) is 4.99 Å². The normalized spacial score (nSPS) is 21.0. The van der Waals surface area contributed by atoms with Gasteiger partial charge in [-0.2, -0.15) is 4.98 Å². The van der Waals surface area contributed by atoms with Crippen molar-refractivity contribution < 1.29 is 9.26 Å². The van der Waals surface area contributed by atoms with Gasteiger partial charge in [0.25, 0.3) is 0 Å². The lowest BCUT2D eigenvalue weighted by molar-refractivity contribution is 0.0683. The summed E-state index contributed by atoms with van der Waals surface area (Å²) in [4.78, 5) is 11.7. The first-order valence-corrected chi connectivity index (χ1v) is 11.9. The molecular weight excluding hydrogens is 380 g/mol. The molecule has 0 aromatic carbocycles. The van der Waals surface area contributed by atoms with E-state index in [0.29, 0.717) is 30.9 Å². The molecule has 3 rings (SSSR count). The lowest BCUT2D eigenvalue weighted by atomic mass is 9.88. The fourth-order valence-electron chi connectivity index (χ4n) is 4.48. The third-order valence-electron chi connectivity index (χ3n) is 6.15. The van der Waals surface area contributed by atoms with Crippen molar-refractivity contribution in [3.63, 3.8) is 0 Å². The molecule has 1 atom stereocenters. The van der Waals surface area contributed by atoms with Crippen LogP contribution in [0, 0.1) is 5.92 Å². The summed E-state index contributed by atoms with van der Waals surface area (Å²) in [6.07, 6.45) is 9.30. The number of nitrogens with zero attached hydrogens (tertiary/aromatic N) is 4. The van der Waals surface area contributed by atoms with E-state index < -0.39 is 0 Å². The van der Waals surface area contributed by atoms with Crippen molar-refractivity contribution in [1.82, 2.24) is 25.7 Å². The van der Waals surface area contributed by atoms with Crippen LogP contribution in [0.5, 0.6) is 0 Å². The van der Waals surface area contributed by atoms with Crippen LogP contribution in [0.3, 0.4) is 0 Å². The van der Waals surface area contributed by atoms with Crippen LogP contribution >= 0.6 is 0 Å². The number of piperidine rings is 1. The zero-order valence-electron chi connectivity index (χ0n) is 19.0. The number of nitrogens with one attached hydrogen (secondary N) is 2. The predicted molar refractivity (Wildman–Crippen MR) is 118 cm³/mol. The molecule has 1 aliphatic heterocycles. The van der Waals surface area contributed by atoms with E-state index in [2.05, 4.69) is 37.6 Å². The molecule has 1 aromatic heterocycles. The lowest BCUT2D eigenvalue weighted by Crippen LogP contribution is -2.49. The van der Waals surface area contributed by atoms with Gasteiger partial charge in [0.15, 0.2) is 11.8 Å². The first kappa shape index (κ1) is 23.0. The van der Waals surface area contributed by atoms with Gasteiger partial charge >= 0.3 is 0 Å². The molecule has 2 aliphatic rings. The lowest BCUT2D eigenvalue weighted by Gasteiger charge is -2.36. The Kier molecular flexibility index (Phi) is 9.39. The number of aliphatic imine (C=N–C) groups is 1. The molecule has 0 bridgehead atoms. The minimum absolute atomic E-state index is 0.165. The SMILES string of the molecule is CCNC(=NCc1nc(C(C)OCC)no1)NC1CCN(CC2CCCCC2)CC1. The molecular formula is C22H40N6O2. The van der Waals surface area contributed by atoms with E-state index in [9.17, 15) is 0 Å². The standard InChI is InChI=1S/C22H40N6O2/c1-4-23-22(24-15-20-26-21(27-30-20)17(3)29-5-2)25-19-11-13-28(14-12-19)16-18-9-7-6-8-10-18/h17-19H,4-16H2,1-3H3,(H2,23,24,25). The number of hydrogen-bond acceptors (Lipinski definition) is 6. The van der Waals surface area contributed by atoms with Crippen molar-refractivity contribution in [2.45, 2.75) is 84.4 Å². The average Bonchev–Trinajstić information content (AvgIpc) is 3.24. The Morgan fingerprint density at radius 2 is 1.97 bits per heavy atom. The molecule has 30 heavy (non-hydrogen) atoms. The Hall–Kier alpha value is -1.67.